The van der Waals surface area contributed by atoms with Crippen molar-refractivity contribution in [2.24, 2.45) is 0 Å². The molecule has 1 amide bonds. The topological polar surface area (TPSA) is 80.9 Å². The molecule has 0 saturated carbocycles. The van der Waals surface area contributed by atoms with Crippen molar-refractivity contribution in [3.05, 3.63) is 69.7 Å². The number of pyridine rings is 2. The van der Waals surface area contributed by atoms with E-state index >= 15 is 0 Å². The number of nitrogens with zero attached hydrogens (tertiary/aromatic N) is 2. The Kier molecular flexibility index (Phi) is 4.70. The van der Waals surface area contributed by atoms with Crippen LogP contribution >= 0.6 is 34.5 Å². The number of hydrogen-bond acceptors (Lipinski definition) is 5. The van der Waals surface area contributed by atoms with E-state index in [0.29, 0.717) is 31.1 Å². The smallest absolute Gasteiger partial charge is 0.267 e. The maximum atomic E-state index is 12.7. The average Bonchev–Trinajstić information content (AvgIpc) is 3.01. The number of amides is 1. The number of benzene rings is 1. The molecule has 0 aliphatic heterocycles. The zero-order valence-electron chi connectivity index (χ0n) is 13.7. The molecule has 27 heavy (non-hydrogen) atoms. The first-order valence-electron chi connectivity index (χ1n) is 7.90. The van der Waals surface area contributed by atoms with Crippen molar-refractivity contribution in [2.45, 2.75) is 0 Å². The molecule has 0 saturated heterocycles. The molecule has 3 N–H and O–H groups in total. The molecule has 5 nitrogen and oxygen atoms in total. The summed E-state index contributed by atoms with van der Waals surface area (Å²) in [6, 6.07) is 14.2. The molecule has 0 aliphatic carbocycles. The van der Waals surface area contributed by atoms with Gasteiger partial charge >= 0.3 is 0 Å². The monoisotopic (exact) mass is 414 g/mol. The molecule has 0 bridgehead atoms. The fourth-order valence-corrected chi connectivity index (χ4v) is 4.04. The van der Waals surface area contributed by atoms with Crippen LogP contribution in [0.1, 0.15) is 9.67 Å². The Bertz CT molecular complexity index is 1160. The van der Waals surface area contributed by atoms with Crippen molar-refractivity contribution in [3.8, 4) is 11.4 Å². The van der Waals surface area contributed by atoms with Gasteiger partial charge in [0.05, 0.1) is 27.8 Å². The van der Waals surface area contributed by atoms with Crippen molar-refractivity contribution in [2.75, 3.05) is 11.1 Å². The molecule has 134 valence electrons. The van der Waals surface area contributed by atoms with Gasteiger partial charge in [-0.05, 0) is 42.5 Å². The van der Waals surface area contributed by atoms with Crippen molar-refractivity contribution in [3.63, 3.8) is 0 Å². The molecule has 0 unspecified atom stereocenters. The Hall–Kier alpha value is -2.67. The molecule has 0 radical (unpaired) electrons. The second-order valence-corrected chi connectivity index (χ2v) is 7.53. The van der Waals surface area contributed by atoms with Crippen LogP contribution in [0.2, 0.25) is 10.0 Å². The first kappa shape index (κ1) is 17.7. The highest BCUT2D eigenvalue weighted by Crippen LogP contribution is 2.35. The summed E-state index contributed by atoms with van der Waals surface area (Å²) in [6.45, 7) is 0. The molecule has 0 atom stereocenters. The minimum Gasteiger partial charge on any atom is -0.397 e. The van der Waals surface area contributed by atoms with Gasteiger partial charge < -0.3 is 11.1 Å². The van der Waals surface area contributed by atoms with E-state index in [1.54, 1.807) is 24.4 Å². The summed E-state index contributed by atoms with van der Waals surface area (Å²) >= 11 is 13.2. The predicted octanol–water partition coefficient (Wildman–Crippen LogP) is 5.50. The second kappa shape index (κ2) is 7.15. The molecule has 3 aromatic heterocycles. The van der Waals surface area contributed by atoms with Crippen molar-refractivity contribution in [1.29, 1.82) is 0 Å². The van der Waals surface area contributed by atoms with E-state index in [1.807, 2.05) is 30.3 Å². The summed E-state index contributed by atoms with van der Waals surface area (Å²) in [5.41, 5.74) is 8.51. The number of thiophene rings is 1. The van der Waals surface area contributed by atoms with E-state index in [2.05, 4.69) is 15.3 Å². The summed E-state index contributed by atoms with van der Waals surface area (Å²) < 4.78 is 0. The highest BCUT2D eigenvalue weighted by Gasteiger charge is 2.19. The normalized spacial score (nSPS) is 10.9. The number of nitrogens with one attached hydrogen (secondary N) is 1. The quantitative estimate of drug-likeness (QED) is 0.463. The number of nitrogens with two attached hydrogens (primary N) is 1. The Morgan fingerprint density at radius 2 is 1.93 bits per heavy atom. The first-order valence-corrected chi connectivity index (χ1v) is 9.47. The molecular weight excluding hydrogens is 403 g/mol. The number of aromatic nitrogens is 2. The molecule has 4 aromatic rings. The maximum Gasteiger partial charge on any atom is 0.267 e. The zero-order chi connectivity index (χ0) is 19.0. The van der Waals surface area contributed by atoms with Gasteiger partial charge in [0.15, 0.2) is 0 Å². The lowest BCUT2D eigenvalue weighted by molar-refractivity contribution is 0.103. The zero-order valence-corrected chi connectivity index (χ0v) is 16.1. The number of nitrogen functional groups attached to an aromatic ring is 1. The number of fused-ring (bicyclic) bond motifs is 1. The number of hydrogen-bond donors (Lipinski definition) is 2. The standard InChI is InChI=1S/C19H12Cl2N4OS/c20-10-4-6-13(12(21)9-10)24-18(26)17-16(22)11-5-7-15(25-19(11)27-17)14-3-1-2-8-23-14/h1-9H,22H2,(H,24,26). The van der Waals surface area contributed by atoms with Crippen molar-refractivity contribution in [1.82, 2.24) is 9.97 Å². The molecule has 4 rings (SSSR count). The predicted molar refractivity (Wildman–Crippen MR) is 112 cm³/mol. The minimum atomic E-state index is -0.348. The van der Waals surface area contributed by atoms with Crippen LogP contribution in [0.15, 0.2) is 54.7 Å². The van der Waals surface area contributed by atoms with Gasteiger partial charge in [0.25, 0.3) is 5.91 Å². The third kappa shape index (κ3) is 3.47. The summed E-state index contributed by atoms with van der Waals surface area (Å²) in [5, 5.41) is 4.34. The third-order valence-corrected chi connectivity index (χ3v) is 5.57. The Morgan fingerprint density at radius 1 is 1.07 bits per heavy atom. The molecule has 0 fully saturated rings. The number of halogens is 2. The van der Waals surface area contributed by atoms with Crippen LogP contribution in [0, 0.1) is 0 Å². The largest absolute Gasteiger partial charge is 0.397 e. The molecule has 3 heterocycles. The number of carbonyl (C=O) groups excluding carboxylic acids is 1. The van der Waals surface area contributed by atoms with E-state index in [4.69, 9.17) is 28.9 Å². The lowest BCUT2D eigenvalue weighted by Crippen LogP contribution is -2.12. The van der Waals surface area contributed by atoms with Crippen molar-refractivity contribution >= 4 is 62.0 Å². The number of anilines is 2. The Labute approximate surface area is 168 Å². The highest BCUT2D eigenvalue weighted by molar-refractivity contribution is 7.21. The van der Waals surface area contributed by atoms with Crippen LogP contribution in [0.5, 0.6) is 0 Å². The second-order valence-electron chi connectivity index (χ2n) is 5.69. The number of rotatable bonds is 3. The maximum absolute atomic E-state index is 12.7. The summed E-state index contributed by atoms with van der Waals surface area (Å²) in [5.74, 6) is -0.348. The fraction of sp³-hybridized carbons (Fsp3) is 0. The SMILES string of the molecule is Nc1c(C(=O)Nc2ccc(Cl)cc2Cl)sc2nc(-c3ccccn3)ccc12. The Morgan fingerprint density at radius 3 is 2.67 bits per heavy atom. The van der Waals surface area contributed by atoms with E-state index in [9.17, 15) is 4.79 Å². The van der Waals surface area contributed by atoms with Crippen molar-refractivity contribution < 1.29 is 4.79 Å². The van der Waals surface area contributed by atoms with Crippen LogP contribution in [0.3, 0.4) is 0 Å². The van der Waals surface area contributed by atoms with Crippen LogP contribution in [0.25, 0.3) is 21.6 Å². The van der Waals surface area contributed by atoms with Gasteiger partial charge in [0.2, 0.25) is 0 Å². The van der Waals surface area contributed by atoms with E-state index < -0.39 is 0 Å². The van der Waals surface area contributed by atoms with Gasteiger partial charge in [-0.2, -0.15) is 0 Å². The van der Waals surface area contributed by atoms with E-state index in [0.717, 1.165) is 16.8 Å². The lowest BCUT2D eigenvalue weighted by atomic mass is 10.2. The van der Waals surface area contributed by atoms with E-state index in [-0.39, 0.29) is 5.91 Å². The lowest BCUT2D eigenvalue weighted by Gasteiger charge is -2.06. The molecule has 1 aromatic carbocycles. The van der Waals surface area contributed by atoms with Gasteiger partial charge in [-0.1, -0.05) is 29.3 Å². The van der Waals surface area contributed by atoms with Crippen LogP contribution in [0.4, 0.5) is 11.4 Å². The Balaban J connectivity index is 1.69. The molecule has 8 heteroatoms. The van der Waals surface area contributed by atoms with E-state index in [1.165, 1.54) is 11.3 Å². The van der Waals surface area contributed by atoms with Gasteiger partial charge in [-0.3, -0.25) is 9.78 Å². The molecule has 0 spiro atoms. The highest BCUT2D eigenvalue weighted by atomic mass is 35.5. The van der Waals surface area contributed by atoms with Gasteiger partial charge in [0, 0.05) is 16.6 Å². The summed E-state index contributed by atoms with van der Waals surface area (Å²) in [7, 11) is 0. The van der Waals surface area contributed by atoms with Gasteiger partial charge in [0.1, 0.15) is 9.71 Å². The average molecular weight is 415 g/mol. The third-order valence-electron chi connectivity index (χ3n) is 3.91. The summed E-state index contributed by atoms with van der Waals surface area (Å²) in [6.07, 6.45) is 1.71. The van der Waals surface area contributed by atoms with Gasteiger partial charge in [-0.25, -0.2) is 4.98 Å². The first-order chi connectivity index (χ1) is 13.0. The van der Waals surface area contributed by atoms with Crippen LogP contribution in [-0.2, 0) is 0 Å². The minimum absolute atomic E-state index is 0.348. The van der Waals surface area contributed by atoms with Gasteiger partial charge in [-0.15, -0.1) is 11.3 Å². The number of carbonyl (C=O) groups is 1. The fourth-order valence-electron chi connectivity index (χ4n) is 2.59. The summed E-state index contributed by atoms with van der Waals surface area (Å²) in [4.78, 5) is 22.6. The van der Waals surface area contributed by atoms with Crippen LogP contribution in [-0.4, -0.2) is 15.9 Å². The van der Waals surface area contributed by atoms with Crippen LogP contribution < -0.4 is 11.1 Å². The molecule has 0 aliphatic rings. The molecular formula is C19H12Cl2N4OS.